The first-order valence-corrected chi connectivity index (χ1v) is 7.21. The van der Waals surface area contributed by atoms with Crippen molar-refractivity contribution in [1.82, 2.24) is 0 Å². The third-order valence-electron chi connectivity index (χ3n) is 3.98. The van der Waals surface area contributed by atoms with Gasteiger partial charge in [0.05, 0.1) is 0 Å². The Balaban J connectivity index is 2.43. The summed E-state index contributed by atoms with van der Waals surface area (Å²) >= 11 is 0. The maximum absolute atomic E-state index is 10.4. The van der Waals surface area contributed by atoms with Crippen molar-refractivity contribution in [2.24, 2.45) is 0 Å². The molecule has 0 aliphatic rings. The van der Waals surface area contributed by atoms with E-state index in [1.165, 1.54) is 0 Å². The van der Waals surface area contributed by atoms with Crippen molar-refractivity contribution in [3.8, 4) is 11.5 Å². The Morgan fingerprint density at radius 3 is 2.30 bits per heavy atom. The number of aromatic hydroxyl groups is 2. The smallest absolute Gasteiger partial charge is 0.122 e. The van der Waals surface area contributed by atoms with Crippen molar-refractivity contribution in [2.45, 2.75) is 39.5 Å². The molecule has 0 spiro atoms. The van der Waals surface area contributed by atoms with Crippen LogP contribution in [0, 0.1) is 0 Å². The van der Waals surface area contributed by atoms with Gasteiger partial charge in [0, 0.05) is 11.5 Å². The monoisotopic (exact) mass is 270 g/mol. The molecule has 1 atom stereocenters. The summed E-state index contributed by atoms with van der Waals surface area (Å²) in [6.07, 6.45) is 1.62. The van der Waals surface area contributed by atoms with Crippen LogP contribution in [0.2, 0.25) is 0 Å². The zero-order valence-corrected chi connectivity index (χ0v) is 12.4. The molecule has 0 aliphatic carbocycles. The molecule has 2 aromatic rings. The summed E-state index contributed by atoms with van der Waals surface area (Å²) in [5.41, 5.74) is 3.98. The summed E-state index contributed by atoms with van der Waals surface area (Å²) in [5, 5.41) is 20.1. The Morgan fingerprint density at radius 1 is 0.950 bits per heavy atom. The van der Waals surface area contributed by atoms with Gasteiger partial charge < -0.3 is 10.2 Å². The summed E-state index contributed by atoms with van der Waals surface area (Å²) in [4.78, 5) is 0. The van der Waals surface area contributed by atoms with Crippen molar-refractivity contribution >= 4 is 0 Å². The normalized spacial score (nSPS) is 12.3. The molecule has 0 fully saturated rings. The van der Waals surface area contributed by atoms with E-state index in [1.54, 1.807) is 6.07 Å². The molecule has 0 saturated heterocycles. The van der Waals surface area contributed by atoms with Gasteiger partial charge in [0.2, 0.25) is 0 Å². The van der Waals surface area contributed by atoms with Gasteiger partial charge in [-0.3, -0.25) is 0 Å². The molecule has 0 radical (unpaired) electrons. The van der Waals surface area contributed by atoms with Crippen LogP contribution >= 0.6 is 0 Å². The lowest BCUT2D eigenvalue weighted by atomic mass is 9.89. The molecule has 2 heteroatoms. The van der Waals surface area contributed by atoms with Gasteiger partial charge in [-0.1, -0.05) is 51.1 Å². The fourth-order valence-electron chi connectivity index (χ4n) is 2.58. The Hall–Kier alpha value is -1.96. The fraction of sp³-hybridized carbons (Fsp3) is 0.333. The second kappa shape index (κ2) is 6.00. The number of hydrogen-bond acceptors (Lipinski definition) is 2. The van der Waals surface area contributed by atoms with Crippen LogP contribution in [-0.4, -0.2) is 10.2 Å². The van der Waals surface area contributed by atoms with Crippen molar-refractivity contribution in [2.75, 3.05) is 0 Å². The first-order valence-electron chi connectivity index (χ1n) is 7.21. The largest absolute Gasteiger partial charge is 0.508 e. The molecule has 0 heterocycles. The highest BCUT2D eigenvalue weighted by Gasteiger charge is 2.15. The summed E-state index contributed by atoms with van der Waals surface area (Å²) in [7, 11) is 0. The Morgan fingerprint density at radius 2 is 1.65 bits per heavy atom. The minimum absolute atomic E-state index is 0.104. The number of para-hydroxylation sites is 1. The Kier molecular flexibility index (Phi) is 4.33. The van der Waals surface area contributed by atoms with Gasteiger partial charge in [-0.25, -0.2) is 0 Å². The summed E-state index contributed by atoms with van der Waals surface area (Å²) in [6.45, 7) is 6.15. The van der Waals surface area contributed by atoms with E-state index < -0.39 is 0 Å². The number of rotatable bonds is 4. The fourth-order valence-corrected chi connectivity index (χ4v) is 2.58. The third kappa shape index (κ3) is 2.64. The molecule has 2 N–H and O–H groups in total. The lowest BCUT2D eigenvalue weighted by Crippen LogP contribution is -1.99. The topological polar surface area (TPSA) is 40.5 Å². The quantitative estimate of drug-likeness (QED) is 0.865. The van der Waals surface area contributed by atoms with E-state index in [0.717, 1.165) is 35.1 Å². The van der Waals surface area contributed by atoms with E-state index in [-0.39, 0.29) is 5.92 Å². The Labute approximate surface area is 120 Å². The number of benzene rings is 2. The average molecular weight is 270 g/mol. The molecule has 2 rings (SSSR count). The van der Waals surface area contributed by atoms with Crippen LogP contribution in [0.25, 0.3) is 0 Å². The highest BCUT2D eigenvalue weighted by atomic mass is 16.3. The first kappa shape index (κ1) is 14.4. The van der Waals surface area contributed by atoms with Crippen LogP contribution in [0.15, 0.2) is 36.4 Å². The third-order valence-corrected chi connectivity index (χ3v) is 3.98. The van der Waals surface area contributed by atoms with E-state index in [2.05, 4.69) is 6.92 Å². The van der Waals surface area contributed by atoms with Gasteiger partial charge in [0.25, 0.3) is 0 Å². The number of phenols is 2. The highest BCUT2D eigenvalue weighted by molar-refractivity contribution is 5.47. The minimum atomic E-state index is 0.104. The SMILES string of the molecule is CCc1cc(C(C)c2cccc(CC)c2O)ccc1O. The molecule has 0 aromatic heterocycles. The highest BCUT2D eigenvalue weighted by Crippen LogP contribution is 2.35. The van der Waals surface area contributed by atoms with Crippen molar-refractivity contribution in [3.05, 3.63) is 58.7 Å². The van der Waals surface area contributed by atoms with Crippen LogP contribution in [0.5, 0.6) is 11.5 Å². The van der Waals surface area contributed by atoms with Gasteiger partial charge >= 0.3 is 0 Å². The molecule has 1 unspecified atom stereocenters. The van der Waals surface area contributed by atoms with Gasteiger partial charge in [0.1, 0.15) is 11.5 Å². The molecule has 0 amide bonds. The van der Waals surface area contributed by atoms with Crippen LogP contribution in [0.3, 0.4) is 0 Å². The van der Waals surface area contributed by atoms with Crippen LogP contribution in [-0.2, 0) is 12.8 Å². The predicted octanol–water partition coefficient (Wildman–Crippen LogP) is 4.37. The molecular weight excluding hydrogens is 248 g/mol. The van der Waals surface area contributed by atoms with Crippen LogP contribution < -0.4 is 0 Å². The zero-order chi connectivity index (χ0) is 14.7. The summed E-state index contributed by atoms with van der Waals surface area (Å²) < 4.78 is 0. The van der Waals surface area contributed by atoms with Gasteiger partial charge in [-0.05, 0) is 35.6 Å². The summed E-state index contributed by atoms with van der Waals surface area (Å²) in [6, 6.07) is 11.6. The van der Waals surface area contributed by atoms with Crippen molar-refractivity contribution in [1.29, 1.82) is 0 Å². The predicted molar refractivity (Wildman–Crippen MR) is 82.5 cm³/mol. The minimum Gasteiger partial charge on any atom is -0.508 e. The molecule has 0 saturated carbocycles. The van der Waals surface area contributed by atoms with E-state index in [9.17, 15) is 10.2 Å². The van der Waals surface area contributed by atoms with Gasteiger partial charge in [-0.2, -0.15) is 0 Å². The number of phenolic OH excluding ortho intramolecular Hbond substituents is 2. The van der Waals surface area contributed by atoms with E-state index >= 15 is 0 Å². The van der Waals surface area contributed by atoms with Gasteiger partial charge in [0.15, 0.2) is 0 Å². The summed E-state index contributed by atoms with van der Waals surface area (Å²) in [5.74, 6) is 0.844. The lowest BCUT2D eigenvalue weighted by Gasteiger charge is -2.17. The molecule has 2 nitrogen and oxygen atoms in total. The van der Waals surface area contributed by atoms with E-state index in [1.807, 2.05) is 44.2 Å². The van der Waals surface area contributed by atoms with Crippen molar-refractivity contribution < 1.29 is 10.2 Å². The zero-order valence-electron chi connectivity index (χ0n) is 12.4. The standard InChI is InChI=1S/C18H22O2/c1-4-13-7-6-8-16(18(13)20)12(3)15-9-10-17(19)14(5-2)11-15/h6-12,19-20H,4-5H2,1-3H3. The molecule has 2 aromatic carbocycles. The first-order chi connectivity index (χ1) is 9.58. The molecular formula is C18H22O2. The molecule has 20 heavy (non-hydrogen) atoms. The number of hydrogen-bond donors (Lipinski definition) is 2. The maximum atomic E-state index is 10.4. The van der Waals surface area contributed by atoms with Gasteiger partial charge in [-0.15, -0.1) is 0 Å². The van der Waals surface area contributed by atoms with E-state index in [4.69, 9.17) is 0 Å². The van der Waals surface area contributed by atoms with Crippen molar-refractivity contribution in [3.63, 3.8) is 0 Å². The van der Waals surface area contributed by atoms with Crippen LogP contribution in [0.1, 0.15) is 48.9 Å². The van der Waals surface area contributed by atoms with E-state index in [0.29, 0.717) is 11.5 Å². The maximum Gasteiger partial charge on any atom is 0.122 e. The molecule has 0 bridgehead atoms. The molecule has 106 valence electrons. The Bertz CT molecular complexity index is 602. The second-order valence-corrected chi connectivity index (χ2v) is 5.17. The second-order valence-electron chi connectivity index (χ2n) is 5.17. The number of aryl methyl sites for hydroxylation is 2. The average Bonchev–Trinajstić information content (AvgIpc) is 2.47. The molecule has 0 aliphatic heterocycles. The lowest BCUT2D eigenvalue weighted by molar-refractivity contribution is 0.459. The van der Waals surface area contributed by atoms with Crippen LogP contribution in [0.4, 0.5) is 0 Å².